The van der Waals surface area contributed by atoms with Gasteiger partial charge >= 0.3 is 5.97 Å². The second-order valence-electron chi connectivity index (χ2n) is 9.88. The first-order valence-corrected chi connectivity index (χ1v) is 11.2. The van der Waals surface area contributed by atoms with Crippen LogP contribution in [-0.4, -0.2) is 27.2 Å². The van der Waals surface area contributed by atoms with Crippen molar-refractivity contribution in [2.45, 2.75) is 90.3 Å². The average molecular weight is 426 g/mol. The Morgan fingerprint density at radius 3 is 2.45 bits per heavy atom. The molecule has 1 saturated carbocycles. The number of nitrogens with zero attached hydrogens (tertiary/aromatic N) is 2. The Bertz CT molecular complexity index is 954. The molecule has 1 N–H and O–H groups in total. The first-order chi connectivity index (χ1) is 14.6. The lowest BCUT2D eigenvalue weighted by Crippen LogP contribution is -2.37. The molecule has 3 rings (SSSR count). The zero-order chi connectivity index (χ0) is 22.6. The van der Waals surface area contributed by atoms with Gasteiger partial charge in [0.05, 0.1) is 0 Å². The molecule has 0 radical (unpaired) electrons. The fourth-order valence-corrected chi connectivity index (χ4v) is 4.18. The Morgan fingerprint density at radius 2 is 1.90 bits per heavy atom. The van der Waals surface area contributed by atoms with Crippen molar-refractivity contribution in [1.82, 2.24) is 9.55 Å². The van der Waals surface area contributed by atoms with Crippen molar-refractivity contribution in [3.63, 3.8) is 0 Å². The molecule has 0 aliphatic heterocycles. The monoisotopic (exact) mass is 425 g/mol. The van der Waals surface area contributed by atoms with Crippen LogP contribution in [-0.2, 0) is 27.9 Å². The van der Waals surface area contributed by atoms with Crippen molar-refractivity contribution in [3.8, 4) is 0 Å². The van der Waals surface area contributed by atoms with Crippen molar-refractivity contribution < 1.29 is 9.53 Å². The molecule has 1 aromatic heterocycles. The Balaban J connectivity index is 1.84. The molecule has 1 aliphatic carbocycles. The molecule has 0 unspecified atom stereocenters. The van der Waals surface area contributed by atoms with E-state index in [1.807, 2.05) is 40.7 Å². The highest BCUT2D eigenvalue weighted by atomic mass is 16.6. The molecule has 0 bridgehead atoms. The minimum absolute atomic E-state index is 0.0824. The van der Waals surface area contributed by atoms with Gasteiger partial charge in [-0.1, -0.05) is 36.8 Å². The highest BCUT2D eigenvalue weighted by molar-refractivity contribution is 5.70. The van der Waals surface area contributed by atoms with E-state index in [1.54, 1.807) is 6.20 Å². The predicted octanol–water partition coefficient (Wildman–Crippen LogP) is 4.46. The van der Waals surface area contributed by atoms with Gasteiger partial charge < -0.3 is 10.1 Å². The van der Waals surface area contributed by atoms with Crippen LogP contribution in [0.4, 0.5) is 5.95 Å². The Morgan fingerprint density at radius 1 is 1.23 bits per heavy atom. The van der Waals surface area contributed by atoms with Crippen LogP contribution in [0, 0.1) is 0 Å². The Hall–Kier alpha value is -2.63. The molecule has 0 atom stereocenters. The maximum atomic E-state index is 13.3. The van der Waals surface area contributed by atoms with Crippen LogP contribution in [0.15, 0.2) is 41.3 Å². The van der Waals surface area contributed by atoms with Gasteiger partial charge in [-0.15, -0.1) is 0 Å². The zero-order valence-electron chi connectivity index (χ0n) is 19.4. The zero-order valence-corrected chi connectivity index (χ0v) is 19.4. The molecule has 6 heteroatoms. The summed E-state index contributed by atoms with van der Waals surface area (Å²) < 4.78 is 6.86. The number of ether oxygens (including phenoxy) is 1. The highest BCUT2D eigenvalue weighted by Gasteiger charge is 2.38. The first kappa shape index (κ1) is 23.0. The maximum Gasteiger partial charge on any atom is 0.326 e. The minimum Gasteiger partial charge on any atom is -0.459 e. The topological polar surface area (TPSA) is 73.2 Å². The summed E-state index contributed by atoms with van der Waals surface area (Å²) >= 11 is 0. The second-order valence-corrected chi connectivity index (χ2v) is 9.88. The SMILES string of the molecule is CC(C)Nc1ncc(CCC2(c3ccccc3)CCC2)c(=O)n1CC(=O)OC(C)(C)C. The van der Waals surface area contributed by atoms with E-state index in [0.717, 1.165) is 19.3 Å². The molecule has 168 valence electrons. The largest absolute Gasteiger partial charge is 0.459 e. The number of hydrogen-bond donors (Lipinski definition) is 1. The molecule has 6 nitrogen and oxygen atoms in total. The summed E-state index contributed by atoms with van der Waals surface area (Å²) in [4.78, 5) is 30.2. The van der Waals surface area contributed by atoms with Gasteiger partial charge in [-0.25, -0.2) is 4.98 Å². The molecule has 2 aromatic rings. The third-order valence-electron chi connectivity index (χ3n) is 5.81. The predicted molar refractivity (Wildman–Crippen MR) is 123 cm³/mol. The standard InChI is InChI=1S/C25H35N3O3/c1-18(2)27-23-26-16-19(22(30)28(23)17-21(29)31-24(3,4)5)12-15-25(13-9-14-25)20-10-7-6-8-11-20/h6-8,10-11,16,18H,9,12-15,17H2,1-5H3,(H,26,27). The van der Waals surface area contributed by atoms with Crippen molar-refractivity contribution in [2.24, 2.45) is 0 Å². The van der Waals surface area contributed by atoms with Crippen molar-refractivity contribution in [3.05, 3.63) is 58.0 Å². The van der Waals surface area contributed by atoms with Gasteiger partial charge in [0, 0.05) is 17.8 Å². The summed E-state index contributed by atoms with van der Waals surface area (Å²) in [5.41, 5.74) is 1.34. The van der Waals surface area contributed by atoms with Gasteiger partial charge in [0.15, 0.2) is 0 Å². The Kier molecular flexibility index (Phi) is 6.87. The fraction of sp³-hybridized carbons (Fsp3) is 0.560. The van der Waals surface area contributed by atoms with Crippen LogP contribution < -0.4 is 10.9 Å². The molecule has 0 saturated heterocycles. The number of anilines is 1. The summed E-state index contributed by atoms with van der Waals surface area (Å²) in [5, 5.41) is 3.17. The van der Waals surface area contributed by atoms with E-state index in [9.17, 15) is 9.59 Å². The van der Waals surface area contributed by atoms with Crippen LogP contribution in [0.1, 0.15) is 71.4 Å². The normalized spacial score (nSPS) is 15.4. The molecule has 31 heavy (non-hydrogen) atoms. The quantitative estimate of drug-likeness (QED) is 0.632. The van der Waals surface area contributed by atoms with Crippen molar-refractivity contribution in [1.29, 1.82) is 0 Å². The van der Waals surface area contributed by atoms with Crippen LogP contribution in [0.25, 0.3) is 0 Å². The number of carbonyl (C=O) groups is 1. The molecular formula is C25H35N3O3. The third-order valence-corrected chi connectivity index (χ3v) is 5.81. The molecule has 0 spiro atoms. The maximum absolute atomic E-state index is 13.3. The molecule has 1 aromatic carbocycles. The smallest absolute Gasteiger partial charge is 0.326 e. The summed E-state index contributed by atoms with van der Waals surface area (Å²) in [7, 11) is 0. The summed E-state index contributed by atoms with van der Waals surface area (Å²) in [6, 6.07) is 10.7. The van der Waals surface area contributed by atoms with Gasteiger partial charge in [0.2, 0.25) is 5.95 Å². The number of esters is 1. The number of carbonyl (C=O) groups excluding carboxylic acids is 1. The van der Waals surface area contributed by atoms with Crippen molar-refractivity contribution in [2.75, 3.05) is 5.32 Å². The van der Waals surface area contributed by atoms with Gasteiger partial charge in [0.25, 0.3) is 5.56 Å². The lowest BCUT2D eigenvalue weighted by molar-refractivity contribution is -0.155. The second kappa shape index (κ2) is 9.25. The molecule has 1 heterocycles. The van der Waals surface area contributed by atoms with E-state index >= 15 is 0 Å². The van der Waals surface area contributed by atoms with E-state index in [0.29, 0.717) is 17.9 Å². The van der Waals surface area contributed by atoms with Gasteiger partial charge in [-0.3, -0.25) is 14.2 Å². The molecule has 0 amide bonds. The average Bonchev–Trinajstić information content (AvgIpc) is 2.64. The lowest BCUT2D eigenvalue weighted by Gasteiger charge is -2.43. The van der Waals surface area contributed by atoms with E-state index in [-0.39, 0.29) is 23.6 Å². The Labute approximate surface area is 185 Å². The number of nitrogens with one attached hydrogen (secondary N) is 1. The van der Waals surface area contributed by atoms with Crippen LogP contribution in [0.5, 0.6) is 0 Å². The number of benzene rings is 1. The highest BCUT2D eigenvalue weighted by Crippen LogP contribution is 2.46. The third kappa shape index (κ3) is 5.75. The van der Waals surface area contributed by atoms with E-state index in [1.165, 1.54) is 16.6 Å². The summed E-state index contributed by atoms with van der Waals surface area (Å²) in [5.74, 6) is -0.0452. The summed E-state index contributed by atoms with van der Waals surface area (Å²) in [6.07, 6.45) is 6.70. The van der Waals surface area contributed by atoms with Crippen LogP contribution >= 0.6 is 0 Å². The van der Waals surface area contributed by atoms with Crippen molar-refractivity contribution >= 4 is 11.9 Å². The van der Waals surface area contributed by atoms with Gasteiger partial charge in [0.1, 0.15) is 12.1 Å². The number of aryl methyl sites for hydroxylation is 1. The number of hydrogen-bond acceptors (Lipinski definition) is 5. The van der Waals surface area contributed by atoms with E-state index in [4.69, 9.17) is 4.74 Å². The van der Waals surface area contributed by atoms with E-state index < -0.39 is 11.6 Å². The van der Waals surface area contributed by atoms with E-state index in [2.05, 4.69) is 34.6 Å². The number of aromatic nitrogens is 2. The van der Waals surface area contributed by atoms with Gasteiger partial charge in [-0.2, -0.15) is 0 Å². The summed E-state index contributed by atoms with van der Waals surface area (Å²) in [6.45, 7) is 9.23. The van der Waals surface area contributed by atoms with Crippen LogP contribution in [0.3, 0.4) is 0 Å². The van der Waals surface area contributed by atoms with Gasteiger partial charge in [-0.05, 0) is 71.3 Å². The molecule has 1 aliphatic rings. The molecule has 1 fully saturated rings. The molecular weight excluding hydrogens is 390 g/mol. The fourth-order valence-electron chi connectivity index (χ4n) is 4.18. The number of rotatable bonds is 8. The first-order valence-electron chi connectivity index (χ1n) is 11.2. The minimum atomic E-state index is -0.607. The van der Waals surface area contributed by atoms with Crippen LogP contribution in [0.2, 0.25) is 0 Å². The lowest BCUT2D eigenvalue weighted by atomic mass is 9.62.